The van der Waals surface area contributed by atoms with Crippen LogP contribution in [0.25, 0.3) is 0 Å². The Balaban J connectivity index is 1.25. The number of nitrogens with zero attached hydrogens (tertiary/aromatic N) is 2. The number of nitrogens with one attached hydrogen (secondary N) is 3. The second-order valence-corrected chi connectivity index (χ2v) is 12.6. The SMILES string of the molecule is N/C=C\N(C1C=NC=CC1)C(I)N[C@H]1CCC2=C(C1)C(C(=O)NCC1CC1)C(NC(=O)C1CC1)S2. The van der Waals surface area contributed by atoms with Crippen molar-refractivity contribution in [1.29, 1.82) is 0 Å². The van der Waals surface area contributed by atoms with Crippen LogP contribution in [0.5, 0.6) is 0 Å². The Labute approximate surface area is 225 Å². The second-order valence-electron chi connectivity index (χ2n) is 10.2. The molecule has 0 bridgehead atoms. The molecular weight excluding hydrogens is 575 g/mol. The van der Waals surface area contributed by atoms with E-state index in [0.717, 1.165) is 45.1 Å². The minimum Gasteiger partial charge on any atom is -0.403 e. The van der Waals surface area contributed by atoms with Gasteiger partial charge in [-0.2, -0.15) is 0 Å². The zero-order valence-corrected chi connectivity index (χ0v) is 22.8. The van der Waals surface area contributed by atoms with Gasteiger partial charge in [0.05, 0.1) is 17.3 Å². The number of allylic oxidation sites excluding steroid dienone is 1. The maximum atomic E-state index is 13.4. The number of hydrogen-bond acceptors (Lipinski definition) is 7. The summed E-state index contributed by atoms with van der Waals surface area (Å²) in [6.45, 7) is 0.751. The molecule has 2 saturated carbocycles. The molecule has 35 heavy (non-hydrogen) atoms. The minimum absolute atomic E-state index is 0.0315. The lowest BCUT2D eigenvalue weighted by Gasteiger charge is -2.36. The van der Waals surface area contributed by atoms with Gasteiger partial charge >= 0.3 is 0 Å². The number of aliphatic imine (C=N–C) groups is 1. The highest BCUT2D eigenvalue weighted by molar-refractivity contribution is 14.1. The van der Waals surface area contributed by atoms with Crippen LogP contribution >= 0.6 is 34.4 Å². The molecule has 5 rings (SSSR count). The predicted octanol–water partition coefficient (Wildman–Crippen LogP) is 2.93. The molecule has 2 amide bonds. The molecule has 0 spiro atoms. The molecule has 8 nitrogen and oxygen atoms in total. The van der Waals surface area contributed by atoms with Crippen LogP contribution in [0.2, 0.25) is 0 Å². The van der Waals surface area contributed by atoms with Crippen molar-refractivity contribution in [2.75, 3.05) is 6.54 Å². The molecule has 0 saturated heterocycles. The van der Waals surface area contributed by atoms with E-state index in [1.165, 1.54) is 23.3 Å². The third-order valence-corrected chi connectivity index (χ3v) is 9.77. The van der Waals surface area contributed by atoms with Gasteiger partial charge in [-0.15, -0.1) is 11.8 Å². The highest BCUT2D eigenvalue weighted by atomic mass is 127. The van der Waals surface area contributed by atoms with Crippen molar-refractivity contribution in [3.05, 3.63) is 35.2 Å². The molecule has 5 N–H and O–H groups in total. The first-order valence-electron chi connectivity index (χ1n) is 12.7. The monoisotopic (exact) mass is 610 g/mol. The molecule has 0 aromatic rings. The van der Waals surface area contributed by atoms with Crippen LogP contribution in [0.4, 0.5) is 0 Å². The van der Waals surface area contributed by atoms with Crippen LogP contribution in [0, 0.1) is 17.8 Å². The Bertz CT molecular complexity index is 944. The van der Waals surface area contributed by atoms with Crippen LogP contribution in [0.3, 0.4) is 0 Å². The average molecular weight is 611 g/mol. The van der Waals surface area contributed by atoms with E-state index in [0.29, 0.717) is 5.92 Å². The zero-order valence-electron chi connectivity index (χ0n) is 19.9. The van der Waals surface area contributed by atoms with E-state index in [2.05, 4.69) is 54.5 Å². The lowest BCUT2D eigenvalue weighted by molar-refractivity contribution is -0.125. The molecule has 2 heterocycles. The van der Waals surface area contributed by atoms with E-state index in [1.54, 1.807) is 18.0 Å². The molecule has 2 fully saturated rings. The minimum atomic E-state index is -0.288. The summed E-state index contributed by atoms with van der Waals surface area (Å²) < 4.78 is 0.0315. The molecule has 5 aliphatic rings. The van der Waals surface area contributed by atoms with Crippen LogP contribution in [0.15, 0.2) is 40.1 Å². The first-order chi connectivity index (χ1) is 17.0. The molecule has 5 atom stereocenters. The third kappa shape index (κ3) is 6.25. The summed E-state index contributed by atoms with van der Waals surface area (Å²) in [7, 11) is 0. The number of halogens is 1. The molecule has 0 aromatic heterocycles. The number of amides is 2. The summed E-state index contributed by atoms with van der Waals surface area (Å²) in [5.74, 6) is 0.653. The van der Waals surface area contributed by atoms with Gasteiger partial charge in [0.15, 0.2) is 0 Å². The molecule has 4 unspecified atom stereocenters. The Morgan fingerprint density at radius 2 is 2.09 bits per heavy atom. The van der Waals surface area contributed by atoms with Crippen molar-refractivity contribution >= 4 is 52.4 Å². The number of nitrogens with two attached hydrogens (primary N) is 1. The fourth-order valence-electron chi connectivity index (χ4n) is 5.02. The average Bonchev–Trinajstić information content (AvgIpc) is 3.78. The summed E-state index contributed by atoms with van der Waals surface area (Å²) in [5, 5.41) is 9.99. The van der Waals surface area contributed by atoms with Crippen molar-refractivity contribution in [3.63, 3.8) is 0 Å². The zero-order chi connectivity index (χ0) is 24.4. The predicted molar refractivity (Wildman–Crippen MR) is 148 cm³/mol. The van der Waals surface area contributed by atoms with E-state index in [1.807, 2.05) is 18.6 Å². The van der Waals surface area contributed by atoms with Gasteiger partial charge in [-0.25, -0.2) is 0 Å². The summed E-state index contributed by atoms with van der Waals surface area (Å²) >= 11 is 4.12. The molecule has 0 aromatic carbocycles. The molecule has 2 aliphatic heterocycles. The number of carbonyl (C=O) groups excluding carboxylic acids is 2. The maximum absolute atomic E-state index is 13.4. The van der Waals surface area contributed by atoms with Crippen molar-refractivity contribution in [2.24, 2.45) is 28.5 Å². The molecule has 10 heteroatoms. The van der Waals surface area contributed by atoms with Gasteiger partial charge in [-0.1, -0.05) is 6.08 Å². The van der Waals surface area contributed by atoms with Crippen LogP contribution in [-0.4, -0.2) is 51.1 Å². The number of hydrogen-bond donors (Lipinski definition) is 4. The highest BCUT2D eigenvalue weighted by Gasteiger charge is 2.45. The van der Waals surface area contributed by atoms with Gasteiger partial charge < -0.3 is 21.3 Å². The van der Waals surface area contributed by atoms with Gasteiger partial charge in [0.1, 0.15) is 4.17 Å². The quantitative estimate of drug-likeness (QED) is 0.131. The lowest BCUT2D eigenvalue weighted by atomic mass is 9.85. The van der Waals surface area contributed by atoms with E-state index < -0.39 is 0 Å². The van der Waals surface area contributed by atoms with Crippen molar-refractivity contribution < 1.29 is 9.59 Å². The van der Waals surface area contributed by atoms with Crippen molar-refractivity contribution in [3.8, 4) is 0 Å². The standard InChI is InChI=1S/C25H35IN6O2S/c26-25(32(11-9-27)18-2-1-10-28-14-18)30-17-7-8-20-19(12-17)21(23(34)29-13-15-3-4-15)24(35-20)31-22(33)16-5-6-16/h1,9-11,14-18,21,24-25,30H,2-8,12-13,27H2,(H,29,34)(H,31,33)/b11-9-/t17-,18?,21?,24?,25?/m0/s1. The van der Waals surface area contributed by atoms with E-state index in [9.17, 15) is 9.59 Å². The number of rotatable bonds is 10. The van der Waals surface area contributed by atoms with E-state index in [4.69, 9.17) is 5.73 Å². The highest BCUT2D eigenvalue weighted by Crippen LogP contribution is 2.48. The Hall–Kier alpha value is -1.53. The Kier molecular flexibility index (Phi) is 8.08. The first kappa shape index (κ1) is 25.1. The van der Waals surface area contributed by atoms with Gasteiger partial charge in [0, 0.05) is 43.3 Å². The molecule has 3 aliphatic carbocycles. The summed E-state index contributed by atoms with van der Waals surface area (Å²) in [4.78, 5) is 33.7. The summed E-state index contributed by atoms with van der Waals surface area (Å²) in [6, 6.07) is 0.398. The van der Waals surface area contributed by atoms with Gasteiger partial charge in [-0.05, 0) is 90.4 Å². The molecule has 190 valence electrons. The van der Waals surface area contributed by atoms with Gasteiger partial charge in [0.25, 0.3) is 0 Å². The number of alkyl halides is 1. The largest absolute Gasteiger partial charge is 0.403 e. The molecular formula is C25H35IN6O2S. The van der Waals surface area contributed by atoms with Gasteiger partial charge in [-0.3, -0.25) is 19.9 Å². The fraction of sp³-hybridized carbons (Fsp3) is 0.640. The van der Waals surface area contributed by atoms with Crippen molar-refractivity contribution in [2.45, 2.75) is 73.0 Å². The normalized spacial score (nSPS) is 30.9. The molecule has 0 radical (unpaired) electrons. The van der Waals surface area contributed by atoms with Gasteiger partial charge in [0.2, 0.25) is 11.8 Å². The van der Waals surface area contributed by atoms with E-state index in [-0.39, 0.29) is 45.3 Å². The smallest absolute Gasteiger partial charge is 0.230 e. The fourth-order valence-corrected chi connectivity index (χ4v) is 7.63. The maximum Gasteiger partial charge on any atom is 0.230 e. The topological polar surface area (TPSA) is 112 Å². The number of carbonyl (C=O) groups is 2. The third-order valence-electron chi connectivity index (χ3n) is 7.37. The van der Waals surface area contributed by atoms with Crippen LogP contribution < -0.4 is 21.7 Å². The second kappa shape index (κ2) is 11.2. The van der Waals surface area contributed by atoms with Crippen LogP contribution in [0.1, 0.15) is 51.4 Å². The Morgan fingerprint density at radius 3 is 2.77 bits per heavy atom. The summed E-state index contributed by atoms with van der Waals surface area (Å²) in [5.41, 5.74) is 6.97. The summed E-state index contributed by atoms with van der Waals surface area (Å²) in [6.07, 6.45) is 17.3. The first-order valence-corrected chi connectivity index (χ1v) is 14.9. The van der Waals surface area contributed by atoms with E-state index >= 15 is 0 Å². The van der Waals surface area contributed by atoms with Crippen molar-refractivity contribution in [1.82, 2.24) is 20.9 Å². The Morgan fingerprint density at radius 1 is 1.26 bits per heavy atom. The number of thioether (sulfide) groups is 1. The van der Waals surface area contributed by atoms with Crippen LogP contribution in [-0.2, 0) is 9.59 Å². The lowest BCUT2D eigenvalue weighted by Crippen LogP contribution is -2.50.